The quantitative estimate of drug-likeness (QED) is 0.427. The van der Waals surface area contributed by atoms with Gasteiger partial charge in [-0.3, -0.25) is 10.1 Å². The first-order chi connectivity index (χ1) is 13.9. The van der Waals surface area contributed by atoms with Crippen LogP contribution >= 0.6 is 39.7 Å². The monoisotopic (exact) mass is 490 g/mol. The first-order valence-electron chi connectivity index (χ1n) is 8.44. The molecule has 0 spiro atoms. The van der Waals surface area contributed by atoms with E-state index in [0.717, 1.165) is 5.69 Å². The average Bonchev–Trinajstić information content (AvgIpc) is 2.71. The van der Waals surface area contributed by atoms with Gasteiger partial charge >= 0.3 is 0 Å². The molecular formula is C21H16BrClN2O3S. The van der Waals surface area contributed by atoms with Gasteiger partial charge in [-0.25, -0.2) is 0 Å². The number of thiocarbonyl (C=S) groups is 1. The maximum absolute atomic E-state index is 12.3. The lowest BCUT2D eigenvalue weighted by molar-refractivity contribution is 0.0977. The van der Waals surface area contributed by atoms with Crippen molar-refractivity contribution in [3.63, 3.8) is 0 Å². The van der Waals surface area contributed by atoms with Gasteiger partial charge in [0, 0.05) is 16.3 Å². The molecule has 2 N–H and O–H groups in total. The zero-order chi connectivity index (χ0) is 20.8. The van der Waals surface area contributed by atoms with Crippen LogP contribution in [0.5, 0.6) is 17.2 Å². The number of ether oxygens (including phenoxy) is 2. The highest BCUT2D eigenvalue weighted by molar-refractivity contribution is 9.10. The molecule has 0 radical (unpaired) electrons. The lowest BCUT2D eigenvalue weighted by Gasteiger charge is -2.11. The summed E-state index contributed by atoms with van der Waals surface area (Å²) in [5.41, 5.74) is 1.17. The van der Waals surface area contributed by atoms with Crippen molar-refractivity contribution in [3.8, 4) is 17.2 Å². The van der Waals surface area contributed by atoms with Crippen LogP contribution in [0.1, 0.15) is 10.4 Å². The predicted molar refractivity (Wildman–Crippen MR) is 122 cm³/mol. The van der Waals surface area contributed by atoms with E-state index in [1.165, 1.54) is 0 Å². The number of nitrogens with one attached hydrogen (secondary N) is 2. The Morgan fingerprint density at radius 3 is 2.21 bits per heavy atom. The number of rotatable bonds is 5. The molecule has 0 aliphatic heterocycles. The lowest BCUT2D eigenvalue weighted by atomic mass is 10.2. The first kappa shape index (κ1) is 21.1. The van der Waals surface area contributed by atoms with Crippen LogP contribution in [0, 0.1) is 0 Å². The Morgan fingerprint density at radius 2 is 1.62 bits per heavy atom. The summed E-state index contributed by atoms with van der Waals surface area (Å²) in [6, 6.07) is 19.3. The van der Waals surface area contributed by atoms with Gasteiger partial charge in [0.25, 0.3) is 5.91 Å². The Balaban J connectivity index is 1.56. The van der Waals surface area contributed by atoms with Crippen LogP contribution in [0.15, 0.2) is 71.2 Å². The van der Waals surface area contributed by atoms with Crippen molar-refractivity contribution in [2.45, 2.75) is 0 Å². The van der Waals surface area contributed by atoms with E-state index in [4.69, 9.17) is 33.3 Å². The van der Waals surface area contributed by atoms with E-state index in [0.29, 0.717) is 32.3 Å². The van der Waals surface area contributed by atoms with E-state index >= 15 is 0 Å². The number of anilines is 1. The molecule has 0 saturated carbocycles. The van der Waals surface area contributed by atoms with Gasteiger partial charge < -0.3 is 14.8 Å². The minimum Gasteiger partial charge on any atom is -0.496 e. The molecule has 0 bridgehead atoms. The fourth-order valence-electron chi connectivity index (χ4n) is 2.39. The van der Waals surface area contributed by atoms with Crippen LogP contribution in [0.4, 0.5) is 5.69 Å². The van der Waals surface area contributed by atoms with Crippen LogP contribution < -0.4 is 20.1 Å². The second-order valence-corrected chi connectivity index (χ2v) is 7.54. The third-order valence-corrected chi connectivity index (χ3v) is 4.88. The minimum atomic E-state index is -0.325. The molecule has 0 saturated heterocycles. The second-order valence-electron chi connectivity index (χ2n) is 5.84. The number of carbonyl (C=O) groups excluding carboxylic acids is 1. The molecule has 0 atom stereocenters. The predicted octanol–water partition coefficient (Wildman–Crippen LogP) is 6.03. The maximum atomic E-state index is 12.3. The van der Waals surface area contributed by atoms with Crippen molar-refractivity contribution in [2.75, 3.05) is 12.4 Å². The molecule has 0 aliphatic rings. The molecule has 148 valence electrons. The summed E-state index contributed by atoms with van der Waals surface area (Å²) in [5.74, 6) is 1.66. The average molecular weight is 492 g/mol. The topological polar surface area (TPSA) is 59.6 Å². The molecule has 0 unspecified atom stereocenters. The highest BCUT2D eigenvalue weighted by Gasteiger charge is 2.11. The molecule has 0 fully saturated rings. The fourth-order valence-corrected chi connectivity index (χ4v) is 3.27. The number of methoxy groups -OCH3 is 1. The molecule has 1 amide bonds. The van der Waals surface area contributed by atoms with Gasteiger partial charge in [-0.15, -0.1) is 0 Å². The fraction of sp³-hybridized carbons (Fsp3) is 0.0476. The highest BCUT2D eigenvalue weighted by Crippen LogP contribution is 2.26. The van der Waals surface area contributed by atoms with Crippen LogP contribution in [0.3, 0.4) is 0 Å². The first-order valence-corrected chi connectivity index (χ1v) is 10.0. The summed E-state index contributed by atoms with van der Waals surface area (Å²) in [5, 5.41) is 6.45. The standard InChI is InChI=1S/C21H16BrClN2O3S/c1-27-19-11-2-13(12-18(19)22)20(26)25-21(29)24-15-5-9-17(10-6-15)28-16-7-3-14(23)4-8-16/h2-12H,1H3,(H2,24,25,26,29). The third-order valence-electron chi connectivity index (χ3n) is 3.80. The van der Waals surface area contributed by atoms with Crippen LogP contribution in [-0.4, -0.2) is 18.1 Å². The second kappa shape index (κ2) is 9.73. The molecule has 5 nitrogen and oxygen atoms in total. The number of benzene rings is 3. The molecule has 3 aromatic rings. The van der Waals surface area contributed by atoms with E-state index in [9.17, 15) is 4.79 Å². The summed E-state index contributed by atoms with van der Waals surface area (Å²) in [4.78, 5) is 12.3. The number of hydrogen-bond donors (Lipinski definition) is 2. The SMILES string of the molecule is COc1ccc(C(=O)NC(=S)Nc2ccc(Oc3ccc(Cl)cc3)cc2)cc1Br. The van der Waals surface area contributed by atoms with Crippen molar-refractivity contribution in [2.24, 2.45) is 0 Å². The zero-order valence-corrected chi connectivity index (χ0v) is 18.4. The lowest BCUT2D eigenvalue weighted by Crippen LogP contribution is -2.34. The zero-order valence-electron chi connectivity index (χ0n) is 15.2. The van der Waals surface area contributed by atoms with Gasteiger partial charge in [0.05, 0.1) is 11.6 Å². The van der Waals surface area contributed by atoms with E-state index in [-0.39, 0.29) is 11.0 Å². The van der Waals surface area contributed by atoms with Crippen molar-refractivity contribution in [1.29, 1.82) is 0 Å². The van der Waals surface area contributed by atoms with Gasteiger partial charge in [0.2, 0.25) is 0 Å². The molecule has 3 rings (SSSR count). The van der Waals surface area contributed by atoms with Gasteiger partial charge in [0.1, 0.15) is 17.2 Å². The molecule has 3 aromatic carbocycles. The van der Waals surface area contributed by atoms with Gasteiger partial charge in [0.15, 0.2) is 5.11 Å². The molecule has 8 heteroatoms. The number of amides is 1. The summed E-state index contributed by atoms with van der Waals surface area (Å²) >= 11 is 14.4. The minimum absolute atomic E-state index is 0.188. The number of halogens is 2. The number of hydrogen-bond acceptors (Lipinski definition) is 4. The van der Waals surface area contributed by atoms with E-state index < -0.39 is 0 Å². The third kappa shape index (κ3) is 5.93. The normalized spacial score (nSPS) is 10.2. The van der Waals surface area contributed by atoms with Crippen molar-refractivity contribution in [1.82, 2.24) is 5.32 Å². The van der Waals surface area contributed by atoms with Gasteiger partial charge in [-0.1, -0.05) is 11.6 Å². The smallest absolute Gasteiger partial charge is 0.257 e. The van der Waals surface area contributed by atoms with Crippen LogP contribution in [0.25, 0.3) is 0 Å². The summed E-state index contributed by atoms with van der Waals surface area (Å²) in [6.07, 6.45) is 0. The van der Waals surface area contributed by atoms with Crippen molar-refractivity contribution < 1.29 is 14.3 Å². The van der Waals surface area contributed by atoms with Gasteiger partial charge in [-0.2, -0.15) is 0 Å². The van der Waals surface area contributed by atoms with Crippen molar-refractivity contribution >= 4 is 56.5 Å². The molecule has 0 heterocycles. The molecular weight excluding hydrogens is 476 g/mol. The van der Waals surface area contributed by atoms with E-state index in [1.807, 2.05) is 0 Å². The van der Waals surface area contributed by atoms with Crippen LogP contribution in [0.2, 0.25) is 5.02 Å². The molecule has 29 heavy (non-hydrogen) atoms. The Labute approximate surface area is 187 Å². The Morgan fingerprint density at radius 1 is 1.00 bits per heavy atom. The molecule has 0 aromatic heterocycles. The van der Waals surface area contributed by atoms with Gasteiger partial charge in [-0.05, 0) is 94.9 Å². The Hall–Kier alpha value is -2.61. The van der Waals surface area contributed by atoms with E-state index in [1.54, 1.807) is 73.8 Å². The Bertz CT molecular complexity index is 1030. The molecule has 0 aliphatic carbocycles. The summed E-state index contributed by atoms with van der Waals surface area (Å²) in [6.45, 7) is 0. The number of carbonyl (C=O) groups is 1. The van der Waals surface area contributed by atoms with Crippen molar-refractivity contribution in [3.05, 3.63) is 81.8 Å². The summed E-state index contributed by atoms with van der Waals surface area (Å²) < 4.78 is 11.6. The van der Waals surface area contributed by atoms with E-state index in [2.05, 4.69) is 26.6 Å². The maximum Gasteiger partial charge on any atom is 0.257 e. The largest absolute Gasteiger partial charge is 0.496 e. The highest BCUT2D eigenvalue weighted by atomic mass is 79.9. The summed E-state index contributed by atoms with van der Waals surface area (Å²) in [7, 11) is 1.56. The van der Waals surface area contributed by atoms with Crippen LogP contribution in [-0.2, 0) is 0 Å². The Kier molecular flexibility index (Phi) is 7.09.